The van der Waals surface area contributed by atoms with Crippen LogP contribution in [-0.2, 0) is 0 Å². The highest BCUT2D eigenvalue weighted by molar-refractivity contribution is 7.99. The van der Waals surface area contributed by atoms with E-state index in [1.807, 2.05) is 18.2 Å². The zero-order valence-electron chi connectivity index (χ0n) is 13.4. The van der Waals surface area contributed by atoms with E-state index in [4.69, 9.17) is 9.47 Å². The van der Waals surface area contributed by atoms with Gasteiger partial charge < -0.3 is 19.7 Å². The Labute approximate surface area is 149 Å². The summed E-state index contributed by atoms with van der Waals surface area (Å²) in [5, 5.41) is 2.66. The summed E-state index contributed by atoms with van der Waals surface area (Å²) in [6, 6.07) is 11.4. The van der Waals surface area contributed by atoms with E-state index < -0.39 is 0 Å². The summed E-state index contributed by atoms with van der Waals surface area (Å²) in [5.74, 6) is 1.91. The van der Waals surface area contributed by atoms with Crippen molar-refractivity contribution in [3.63, 3.8) is 0 Å². The van der Waals surface area contributed by atoms with Crippen LogP contribution in [0.1, 0.15) is 10.9 Å². The number of anilines is 1. The summed E-state index contributed by atoms with van der Waals surface area (Å²) >= 11 is 1.69. The van der Waals surface area contributed by atoms with Crippen LogP contribution < -0.4 is 14.8 Å². The smallest absolute Gasteiger partial charge is 0.323 e. The third kappa shape index (κ3) is 3.37. The van der Waals surface area contributed by atoms with E-state index in [1.54, 1.807) is 28.8 Å². The van der Waals surface area contributed by atoms with E-state index in [1.165, 1.54) is 12.1 Å². The van der Waals surface area contributed by atoms with Crippen molar-refractivity contribution >= 4 is 23.5 Å². The lowest BCUT2D eigenvalue weighted by atomic mass is 10.1. The summed E-state index contributed by atoms with van der Waals surface area (Å²) in [6.45, 7) is 1.70. The van der Waals surface area contributed by atoms with Crippen LogP contribution in [0.25, 0.3) is 0 Å². The Balaban J connectivity index is 1.53. The zero-order valence-corrected chi connectivity index (χ0v) is 14.2. The number of hydrogen-bond acceptors (Lipinski definition) is 4. The Morgan fingerprint density at radius 1 is 1.16 bits per heavy atom. The first kappa shape index (κ1) is 16.1. The van der Waals surface area contributed by atoms with E-state index in [0.29, 0.717) is 31.2 Å². The number of carbonyl (C=O) groups is 1. The number of halogens is 1. The lowest BCUT2D eigenvalue weighted by Gasteiger charge is -2.26. The van der Waals surface area contributed by atoms with Gasteiger partial charge in [0, 0.05) is 18.0 Å². The van der Waals surface area contributed by atoms with Gasteiger partial charge in [-0.1, -0.05) is 12.1 Å². The molecule has 0 radical (unpaired) electrons. The summed E-state index contributed by atoms with van der Waals surface area (Å²) in [5.41, 5.74) is 1.43. The lowest BCUT2D eigenvalue weighted by molar-refractivity contribution is 0.171. The average Bonchev–Trinajstić information content (AvgIpc) is 3.11. The fourth-order valence-corrected chi connectivity index (χ4v) is 4.17. The molecule has 4 rings (SSSR count). The second-order valence-electron chi connectivity index (χ2n) is 5.76. The van der Waals surface area contributed by atoms with Gasteiger partial charge >= 0.3 is 6.03 Å². The molecule has 2 aliphatic rings. The van der Waals surface area contributed by atoms with Crippen molar-refractivity contribution in [1.82, 2.24) is 4.90 Å². The molecule has 0 aromatic heterocycles. The van der Waals surface area contributed by atoms with Crippen LogP contribution in [-0.4, -0.2) is 36.4 Å². The zero-order chi connectivity index (χ0) is 17.2. The number of ether oxygens (including phenoxy) is 2. The molecule has 130 valence electrons. The number of benzene rings is 2. The number of amides is 2. The predicted octanol–water partition coefficient (Wildman–Crippen LogP) is 3.88. The molecule has 0 unspecified atom stereocenters. The largest absolute Gasteiger partial charge is 0.486 e. The molecule has 7 heteroatoms. The van der Waals surface area contributed by atoms with E-state index in [9.17, 15) is 9.18 Å². The Bertz CT molecular complexity index is 802. The average molecular weight is 360 g/mol. The van der Waals surface area contributed by atoms with Gasteiger partial charge in [0.2, 0.25) is 0 Å². The molecule has 2 aliphatic heterocycles. The maximum atomic E-state index is 13.3. The van der Waals surface area contributed by atoms with Crippen molar-refractivity contribution in [2.75, 3.05) is 30.8 Å². The van der Waals surface area contributed by atoms with Crippen LogP contribution in [0, 0.1) is 5.82 Å². The van der Waals surface area contributed by atoms with E-state index in [0.717, 1.165) is 17.1 Å². The number of rotatable bonds is 2. The SMILES string of the molecule is O=C(Nc1cccc(F)c1)N1CCS[C@@H]1c1ccc2c(c1)OCCO2. The van der Waals surface area contributed by atoms with Crippen LogP contribution in [0.15, 0.2) is 42.5 Å². The maximum absolute atomic E-state index is 13.3. The number of fused-ring (bicyclic) bond motifs is 1. The maximum Gasteiger partial charge on any atom is 0.323 e. The third-order valence-corrected chi connectivity index (χ3v) is 5.34. The van der Waals surface area contributed by atoms with E-state index in [2.05, 4.69) is 5.32 Å². The van der Waals surface area contributed by atoms with Gasteiger partial charge in [-0.25, -0.2) is 9.18 Å². The van der Waals surface area contributed by atoms with Crippen LogP contribution in [0.5, 0.6) is 11.5 Å². The second-order valence-corrected chi connectivity index (χ2v) is 6.95. The monoisotopic (exact) mass is 360 g/mol. The molecule has 2 heterocycles. The first-order valence-corrected chi connectivity index (χ1v) is 9.10. The second kappa shape index (κ2) is 6.84. The van der Waals surface area contributed by atoms with Gasteiger partial charge in [0.1, 0.15) is 24.4 Å². The van der Waals surface area contributed by atoms with Crippen LogP contribution in [0.2, 0.25) is 0 Å². The Morgan fingerprint density at radius 2 is 2.00 bits per heavy atom. The van der Waals surface area contributed by atoms with Crippen molar-refractivity contribution < 1.29 is 18.7 Å². The molecule has 1 fully saturated rings. The van der Waals surface area contributed by atoms with Gasteiger partial charge in [-0.05, 0) is 35.9 Å². The van der Waals surface area contributed by atoms with Gasteiger partial charge in [0.25, 0.3) is 0 Å². The number of hydrogen-bond donors (Lipinski definition) is 1. The number of carbonyl (C=O) groups excluding carboxylic acids is 1. The number of thioether (sulfide) groups is 1. The molecule has 2 amide bonds. The van der Waals surface area contributed by atoms with E-state index >= 15 is 0 Å². The molecule has 2 aromatic carbocycles. The number of nitrogens with one attached hydrogen (secondary N) is 1. The molecule has 25 heavy (non-hydrogen) atoms. The molecular formula is C18H17FN2O3S. The van der Waals surface area contributed by atoms with Crippen LogP contribution in [0.3, 0.4) is 0 Å². The minimum atomic E-state index is -0.378. The van der Waals surface area contributed by atoms with Crippen LogP contribution >= 0.6 is 11.8 Å². The fourth-order valence-electron chi connectivity index (χ4n) is 2.93. The lowest BCUT2D eigenvalue weighted by Crippen LogP contribution is -2.34. The summed E-state index contributed by atoms with van der Waals surface area (Å²) in [6.07, 6.45) is 0. The Morgan fingerprint density at radius 3 is 2.84 bits per heavy atom. The Kier molecular flexibility index (Phi) is 4.40. The third-order valence-electron chi connectivity index (χ3n) is 4.08. The predicted molar refractivity (Wildman–Crippen MR) is 94.8 cm³/mol. The first-order chi connectivity index (χ1) is 12.2. The minimum absolute atomic E-state index is 0.107. The normalized spacial score (nSPS) is 18.9. The summed E-state index contributed by atoms with van der Waals surface area (Å²) in [7, 11) is 0. The molecule has 2 aromatic rings. The molecule has 1 N–H and O–H groups in total. The van der Waals surface area contributed by atoms with Gasteiger partial charge in [0.05, 0.1) is 0 Å². The van der Waals surface area contributed by atoms with Gasteiger partial charge in [0.15, 0.2) is 11.5 Å². The molecule has 1 saturated heterocycles. The highest BCUT2D eigenvalue weighted by Crippen LogP contribution is 2.41. The molecule has 0 spiro atoms. The van der Waals surface area contributed by atoms with Crippen molar-refractivity contribution in [2.45, 2.75) is 5.37 Å². The molecular weight excluding hydrogens is 343 g/mol. The highest BCUT2D eigenvalue weighted by atomic mass is 32.2. The Hall–Kier alpha value is -2.41. The number of urea groups is 1. The standard InChI is InChI=1S/C18H17FN2O3S/c19-13-2-1-3-14(11-13)20-18(22)21-6-9-25-17(21)12-4-5-15-16(10-12)24-8-7-23-15/h1-5,10-11,17H,6-9H2,(H,20,22)/t17-/m1/s1. The minimum Gasteiger partial charge on any atom is -0.486 e. The first-order valence-electron chi connectivity index (χ1n) is 8.05. The molecule has 5 nitrogen and oxygen atoms in total. The van der Waals surface area contributed by atoms with E-state index in [-0.39, 0.29) is 17.2 Å². The topological polar surface area (TPSA) is 50.8 Å². The summed E-state index contributed by atoms with van der Waals surface area (Å²) in [4.78, 5) is 14.4. The van der Waals surface area contributed by atoms with Crippen molar-refractivity contribution in [3.05, 3.63) is 53.8 Å². The molecule has 1 atom stereocenters. The molecule has 0 saturated carbocycles. The quantitative estimate of drug-likeness (QED) is 0.883. The van der Waals surface area contributed by atoms with Crippen LogP contribution in [0.4, 0.5) is 14.9 Å². The van der Waals surface area contributed by atoms with Gasteiger partial charge in [-0.15, -0.1) is 11.8 Å². The fraction of sp³-hybridized carbons (Fsp3) is 0.278. The van der Waals surface area contributed by atoms with Gasteiger partial charge in [-0.2, -0.15) is 0 Å². The van der Waals surface area contributed by atoms with Gasteiger partial charge in [-0.3, -0.25) is 0 Å². The highest BCUT2D eigenvalue weighted by Gasteiger charge is 2.31. The number of nitrogens with zero attached hydrogens (tertiary/aromatic N) is 1. The van der Waals surface area contributed by atoms with Crippen molar-refractivity contribution in [1.29, 1.82) is 0 Å². The molecule has 0 bridgehead atoms. The van der Waals surface area contributed by atoms with Crippen molar-refractivity contribution in [2.24, 2.45) is 0 Å². The molecule has 0 aliphatic carbocycles. The van der Waals surface area contributed by atoms with Crippen molar-refractivity contribution in [3.8, 4) is 11.5 Å². The summed E-state index contributed by atoms with van der Waals surface area (Å²) < 4.78 is 24.5.